The van der Waals surface area contributed by atoms with Crippen LogP contribution in [0.25, 0.3) is 0 Å². The van der Waals surface area contributed by atoms with Gasteiger partial charge in [0.15, 0.2) is 6.29 Å². The number of aldehydes is 3. The van der Waals surface area contributed by atoms with E-state index in [1.165, 1.54) is 25.2 Å². The maximum Gasteiger partial charge on any atom is 0.258 e. The molecule has 1 unspecified atom stereocenters. The van der Waals surface area contributed by atoms with Gasteiger partial charge in [-0.05, 0) is 26.6 Å². The van der Waals surface area contributed by atoms with Crippen LogP contribution in [0.3, 0.4) is 0 Å². The first-order valence-corrected chi connectivity index (χ1v) is 7.00. The van der Waals surface area contributed by atoms with Gasteiger partial charge >= 0.3 is 0 Å². The molecule has 1 atom stereocenters. The minimum absolute atomic E-state index is 0.0434. The van der Waals surface area contributed by atoms with Crippen molar-refractivity contribution in [2.45, 2.75) is 18.9 Å². The van der Waals surface area contributed by atoms with E-state index >= 15 is 0 Å². The first-order valence-electron chi connectivity index (χ1n) is 7.00. The third-order valence-corrected chi connectivity index (χ3v) is 2.97. The van der Waals surface area contributed by atoms with Gasteiger partial charge in [-0.3, -0.25) is 9.59 Å². The van der Waals surface area contributed by atoms with Crippen LogP contribution < -0.4 is 5.32 Å². The van der Waals surface area contributed by atoms with Crippen LogP contribution in [-0.2, 0) is 9.59 Å². The van der Waals surface area contributed by atoms with Crippen LogP contribution in [0.2, 0.25) is 0 Å². The van der Waals surface area contributed by atoms with Gasteiger partial charge in [-0.1, -0.05) is 12.1 Å². The van der Waals surface area contributed by atoms with Crippen LogP contribution in [0.15, 0.2) is 18.2 Å². The predicted molar refractivity (Wildman–Crippen MR) is 85.7 cm³/mol. The highest BCUT2D eigenvalue weighted by molar-refractivity contribution is 6.04. The van der Waals surface area contributed by atoms with E-state index in [1.807, 2.05) is 14.1 Å². The van der Waals surface area contributed by atoms with E-state index in [-0.39, 0.29) is 29.7 Å². The van der Waals surface area contributed by atoms with Crippen LogP contribution >= 0.6 is 0 Å². The summed E-state index contributed by atoms with van der Waals surface area (Å²) < 4.78 is 0. The number of hydrogen-bond acceptors (Lipinski definition) is 6. The Balaban J connectivity index is 0.00000149. The molecule has 0 saturated carbocycles. The van der Waals surface area contributed by atoms with Crippen LogP contribution in [-0.4, -0.2) is 62.0 Å². The number of hydrogen-bond donors (Lipinski definition) is 2. The van der Waals surface area contributed by atoms with Crippen molar-refractivity contribution in [3.63, 3.8) is 0 Å². The summed E-state index contributed by atoms with van der Waals surface area (Å²) in [7, 11) is 5.13. The van der Waals surface area contributed by atoms with E-state index < -0.39 is 11.9 Å². The lowest BCUT2D eigenvalue weighted by Gasteiger charge is -2.24. The number of rotatable bonds is 7. The van der Waals surface area contributed by atoms with Crippen LogP contribution in [0.4, 0.5) is 0 Å². The van der Waals surface area contributed by atoms with E-state index in [0.717, 1.165) is 4.90 Å². The Morgan fingerprint density at radius 3 is 2.39 bits per heavy atom. The molecule has 0 saturated heterocycles. The molecule has 1 amide bonds. The van der Waals surface area contributed by atoms with Gasteiger partial charge in [-0.2, -0.15) is 0 Å². The first kappa shape index (κ1) is 20.5. The molecular formula is C16H22N2O5. The lowest BCUT2D eigenvalue weighted by atomic mass is 10.0. The highest BCUT2D eigenvalue weighted by Gasteiger charge is 2.24. The number of aromatic hydroxyl groups is 1. The van der Waals surface area contributed by atoms with Crippen molar-refractivity contribution in [1.29, 1.82) is 0 Å². The van der Waals surface area contributed by atoms with Crippen molar-refractivity contribution in [1.82, 2.24) is 10.2 Å². The number of likely N-dealkylation sites (N-methyl/N-ethyl adjacent to an activating group) is 1. The molecule has 0 heterocycles. The number of benzene rings is 1. The van der Waals surface area contributed by atoms with E-state index in [4.69, 9.17) is 0 Å². The summed E-state index contributed by atoms with van der Waals surface area (Å²) in [5.41, 5.74) is -0.107. The van der Waals surface area contributed by atoms with Gasteiger partial charge in [-0.25, -0.2) is 0 Å². The monoisotopic (exact) mass is 322 g/mol. The second kappa shape index (κ2) is 11.1. The van der Waals surface area contributed by atoms with E-state index in [0.29, 0.717) is 18.9 Å². The molecule has 0 aliphatic rings. The Labute approximate surface area is 135 Å². The molecular weight excluding hydrogens is 300 g/mol. The summed E-state index contributed by atoms with van der Waals surface area (Å²) >= 11 is 0. The van der Waals surface area contributed by atoms with Gasteiger partial charge < -0.3 is 24.9 Å². The quantitative estimate of drug-likeness (QED) is 0.715. The number of phenolic OH excluding ortho intramolecular Hbond substituents is 1. The maximum atomic E-state index is 12.3. The minimum atomic E-state index is -0.785. The fraction of sp³-hybridized carbons (Fsp3) is 0.375. The topological polar surface area (TPSA) is 104 Å². The fourth-order valence-electron chi connectivity index (χ4n) is 1.81. The van der Waals surface area contributed by atoms with Crippen LogP contribution in [0.5, 0.6) is 5.75 Å². The Morgan fingerprint density at radius 1 is 1.30 bits per heavy atom. The third-order valence-electron chi connectivity index (χ3n) is 2.97. The standard InChI is InChI=1S/C14H15NO5.C2H7N/c1-15(11(9-18)5-3-7-16)14(20)13-10(8-17)4-2-6-12(13)19;1-3-2/h2,4,6-9,11,19H,3,5H2,1H3;3H,1-2H3. The summed E-state index contributed by atoms with van der Waals surface area (Å²) in [4.78, 5) is 45.6. The summed E-state index contributed by atoms with van der Waals surface area (Å²) in [6, 6.07) is 3.34. The largest absolute Gasteiger partial charge is 0.507 e. The summed E-state index contributed by atoms with van der Waals surface area (Å²) in [6.45, 7) is 0. The zero-order chi connectivity index (χ0) is 17.8. The second-order valence-corrected chi connectivity index (χ2v) is 4.72. The Kier molecular flexibility index (Phi) is 9.86. The maximum absolute atomic E-state index is 12.3. The zero-order valence-electron chi connectivity index (χ0n) is 13.5. The molecule has 7 heteroatoms. The predicted octanol–water partition coefficient (Wildman–Crippen LogP) is 0.659. The molecule has 7 nitrogen and oxygen atoms in total. The average Bonchev–Trinajstić information content (AvgIpc) is 2.55. The lowest BCUT2D eigenvalue weighted by Crippen LogP contribution is -2.38. The highest BCUT2D eigenvalue weighted by Crippen LogP contribution is 2.22. The fourth-order valence-corrected chi connectivity index (χ4v) is 1.81. The molecule has 0 spiro atoms. The molecule has 0 aromatic heterocycles. The molecule has 2 N–H and O–H groups in total. The van der Waals surface area contributed by atoms with Gasteiger partial charge in [-0.15, -0.1) is 0 Å². The van der Waals surface area contributed by atoms with Crippen LogP contribution in [0.1, 0.15) is 33.6 Å². The SMILES string of the molecule is CN(C(=O)c1c(O)cccc1C=O)C(C=O)CCC=O.CNC. The van der Waals surface area contributed by atoms with Crippen molar-refractivity contribution >= 4 is 24.8 Å². The zero-order valence-corrected chi connectivity index (χ0v) is 13.5. The van der Waals surface area contributed by atoms with Crippen molar-refractivity contribution < 1.29 is 24.3 Å². The number of nitrogens with zero attached hydrogens (tertiary/aromatic N) is 1. The van der Waals surface area contributed by atoms with Gasteiger partial charge in [0.2, 0.25) is 0 Å². The molecule has 0 aliphatic heterocycles. The van der Waals surface area contributed by atoms with Crippen LogP contribution in [0, 0.1) is 0 Å². The summed E-state index contributed by atoms with van der Waals surface area (Å²) in [5, 5.41) is 12.5. The molecule has 1 aromatic carbocycles. The Bertz CT molecular complexity index is 545. The average molecular weight is 322 g/mol. The lowest BCUT2D eigenvalue weighted by molar-refractivity contribution is -0.112. The van der Waals surface area contributed by atoms with E-state index in [2.05, 4.69) is 5.32 Å². The highest BCUT2D eigenvalue weighted by atomic mass is 16.3. The molecule has 0 radical (unpaired) electrons. The van der Waals surface area contributed by atoms with Gasteiger partial charge in [0.25, 0.3) is 5.91 Å². The number of nitrogens with one attached hydrogen (secondary N) is 1. The molecule has 1 aromatic rings. The molecule has 126 valence electrons. The molecule has 0 fully saturated rings. The normalized spacial score (nSPS) is 10.7. The Hall–Kier alpha value is -2.54. The molecule has 1 rings (SSSR count). The van der Waals surface area contributed by atoms with Crippen molar-refractivity contribution in [2.75, 3.05) is 21.1 Å². The number of phenols is 1. The molecule has 0 aliphatic carbocycles. The smallest absolute Gasteiger partial charge is 0.258 e. The Morgan fingerprint density at radius 2 is 1.91 bits per heavy atom. The summed E-state index contributed by atoms with van der Waals surface area (Å²) in [5.74, 6) is -0.973. The minimum Gasteiger partial charge on any atom is -0.507 e. The molecule has 23 heavy (non-hydrogen) atoms. The summed E-state index contributed by atoms with van der Waals surface area (Å²) in [6.07, 6.45) is 2.01. The molecule has 0 bridgehead atoms. The van der Waals surface area contributed by atoms with E-state index in [1.54, 1.807) is 0 Å². The van der Waals surface area contributed by atoms with E-state index in [9.17, 15) is 24.3 Å². The van der Waals surface area contributed by atoms with Crippen molar-refractivity contribution in [2.24, 2.45) is 0 Å². The van der Waals surface area contributed by atoms with Crippen molar-refractivity contribution in [3.8, 4) is 5.75 Å². The van der Waals surface area contributed by atoms with Gasteiger partial charge in [0.05, 0.1) is 11.6 Å². The number of carbonyl (C=O) groups excluding carboxylic acids is 4. The number of amides is 1. The third kappa shape index (κ3) is 5.99. The van der Waals surface area contributed by atoms with Gasteiger partial charge in [0, 0.05) is 19.0 Å². The number of carbonyl (C=O) groups is 4. The second-order valence-electron chi connectivity index (χ2n) is 4.72. The van der Waals surface area contributed by atoms with Gasteiger partial charge in [0.1, 0.15) is 18.3 Å². The first-order chi connectivity index (χ1) is 11.0. The van der Waals surface area contributed by atoms with Crippen molar-refractivity contribution in [3.05, 3.63) is 29.3 Å².